The lowest BCUT2D eigenvalue weighted by Gasteiger charge is -2.33. The lowest BCUT2D eigenvalue weighted by molar-refractivity contribution is -0.135. The number of benzene rings is 1. The van der Waals surface area contributed by atoms with Gasteiger partial charge in [0.05, 0.1) is 18.4 Å². The fraction of sp³-hybridized carbons (Fsp3) is 0.429. The van der Waals surface area contributed by atoms with E-state index in [4.69, 9.17) is 9.15 Å². The van der Waals surface area contributed by atoms with Crippen LogP contribution in [0.25, 0.3) is 0 Å². The van der Waals surface area contributed by atoms with E-state index in [1.54, 1.807) is 15.9 Å². The maximum atomic E-state index is 12.7. The van der Waals surface area contributed by atoms with Crippen LogP contribution in [0.15, 0.2) is 47.3 Å². The van der Waals surface area contributed by atoms with Gasteiger partial charge in [0, 0.05) is 26.1 Å². The van der Waals surface area contributed by atoms with Gasteiger partial charge < -0.3 is 19.0 Å². The third kappa shape index (κ3) is 4.70. The minimum absolute atomic E-state index is 0.0327. The van der Waals surface area contributed by atoms with Crippen LogP contribution in [0.5, 0.6) is 5.75 Å². The molecule has 1 aromatic heterocycles. The van der Waals surface area contributed by atoms with Gasteiger partial charge in [0.1, 0.15) is 18.6 Å². The van der Waals surface area contributed by atoms with Crippen molar-refractivity contribution in [3.8, 4) is 5.75 Å². The van der Waals surface area contributed by atoms with E-state index in [1.807, 2.05) is 38.2 Å². The van der Waals surface area contributed by atoms with Gasteiger partial charge in [-0.1, -0.05) is 18.2 Å². The maximum absolute atomic E-state index is 12.7. The summed E-state index contributed by atoms with van der Waals surface area (Å²) >= 11 is 0. The average Bonchev–Trinajstić information content (AvgIpc) is 3.23. The quantitative estimate of drug-likeness (QED) is 0.784. The van der Waals surface area contributed by atoms with Crippen molar-refractivity contribution < 1.29 is 18.7 Å². The molecule has 1 fully saturated rings. The normalized spacial score (nSPS) is 14.8. The molecule has 1 aliphatic heterocycles. The molecule has 0 N–H and O–H groups in total. The van der Waals surface area contributed by atoms with Crippen molar-refractivity contribution in [2.75, 3.05) is 33.3 Å². The summed E-state index contributed by atoms with van der Waals surface area (Å²) in [5.41, 5.74) is 1.64. The SMILES string of the molecule is Cc1ccccc1OCCN(C)C(=O)C1CCN(C(=O)c2ccoc2)CC1. The molecule has 1 aliphatic rings. The van der Waals surface area contributed by atoms with E-state index in [-0.39, 0.29) is 17.7 Å². The van der Waals surface area contributed by atoms with Gasteiger partial charge in [-0.15, -0.1) is 0 Å². The second-order valence-corrected chi connectivity index (χ2v) is 6.95. The number of ether oxygens (including phenoxy) is 1. The van der Waals surface area contributed by atoms with Crippen LogP contribution in [-0.2, 0) is 4.79 Å². The highest BCUT2D eigenvalue weighted by atomic mass is 16.5. The number of furan rings is 1. The first kappa shape index (κ1) is 19.0. The smallest absolute Gasteiger partial charge is 0.257 e. The average molecular weight is 370 g/mol. The van der Waals surface area contributed by atoms with E-state index in [1.165, 1.54) is 12.5 Å². The number of likely N-dealkylation sites (N-methyl/N-ethyl adjacent to an activating group) is 1. The van der Waals surface area contributed by atoms with Crippen LogP contribution < -0.4 is 4.74 Å². The molecule has 2 amide bonds. The standard InChI is InChI=1S/C21H26N2O4/c1-16-5-3-4-6-19(16)27-14-12-22(2)20(24)17-7-10-23(11-8-17)21(25)18-9-13-26-15-18/h3-6,9,13,15,17H,7-8,10-12,14H2,1-2H3. The Bertz CT molecular complexity index is 764. The summed E-state index contributed by atoms with van der Waals surface area (Å²) in [4.78, 5) is 28.5. The Hall–Kier alpha value is -2.76. The van der Waals surface area contributed by atoms with Gasteiger partial charge in [0.25, 0.3) is 5.91 Å². The molecule has 0 bridgehead atoms. The number of carbonyl (C=O) groups is 2. The van der Waals surface area contributed by atoms with Crippen molar-refractivity contribution in [1.82, 2.24) is 9.80 Å². The molecule has 0 radical (unpaired) electrons. The number of likely N-dealkylation sites (tertiary alicyclic amines) is 1. The second kappa shape index (κ2) is 8.75. The molecular weight excluding hydrogens is 344 g/mol. The second-order valence-electron chi connectivity index (χ2n) is 6.95. The van der Waals surface area contributed by atoms with Crippen LogP contribution in [-0.4, -0.2) is 54.9 Å². The molecule has 144 valence electrons. The molecule has 1 saturated heterocycles. The van der Waals surface area contributed by atoms with E-state index < -0.39 is 0 Å². The number of para-hydroxylation sites is 1. The Morgan fingerprint density at radius 3 is 2.63 bits per heavy atom. The summed E-state index contributed by atoms with van der Waals surface area (Å²) < 4.78 is 10.8. The van der Waals surface area contributed by atoms with Gasteiger partial charge >= 0.3 is 0 Å². The van der Waals surface area contributed by atoms with Crippen molar-refractivity contribution >= 4 is 11.8 Å². The molecule has 2 aromatic rings. The van der Waals surface area contributed by atoms with Crippen molar-refractivity contribution in [2.45, 2.75) is 19.8 Å². The Labute approximate surface area is 159 Å². The molecule has 1 aromatic carbocycles. The first-order valence-electron chi connectivity index (χ1n) is 9.31. The molecule has 27 heavy (non-hydrogen) atoms. The monoisotopic (exact) mass is 370 g/mol. The molecule has 0 atom stereocenters. The number of piperidine rings is 1. The molecule has 0 saturated carbocycles. The highest BCUT2D eigenvalue weighted by Crippen LogP contribution is 2.21. The fourth-order valence-corrected chi connectivity index (χ4v) is 3.33. The zero-order valence-corrected chi connectivity index (χ0v) is 15.9. The van der Waals surface area contributed by atoms with Gasteiger partial charge in [0.2, 0.25) is 5.91 Å². The van der Waals surface area contributed by atoms with E-state index in [9.17, 15) is 9.59 Å². The van der Waals surface area contributed by atoms with Crippen LogP contribution in [0.1, 0.15) is 28.8 Å². The van der Waals surface area contributed by atoms with Gasteiger partial charge in [-0.3, -0.25) is 9.59 Å². The van der Waals surface area contributed by atoms with Gasteiger partial charge in [-0.05, 0) is 37.5 Å². The highest BCUT2D eigenvalue weighted by Gasteiger charge is 2.29. The highest BCUT2D eigenvalue weighted by molar-refractivity contribution is 5.94. The summed E-state index contributed by atoms with van der Waals surface area (Å²) in [7, 11) is 1.81. The molecule has 0 spiro atoms. The molecule has 0 unspecified atom stereocenters. The Morgan fingerprint density at radius 2 is 1.96 bits per heavy atom. The number of hydrogen-bond acceptors (Lipinski definition) is 4. The molecule has 6 heteroatoms. The third-order valence-electron chi connectivity index (χ3n) is 5.05. The Morgan fingerprint density at radius 1 is 1.22 bits per heavy atom. The Kier molecular flexibility index (Phi) is 6.16. The minimum Gasteiger partial charge on any atom is -0.491 e. The van der Waals surface area contributed by atoms with E-state index in [0.717, 1.165) is 11.3 Å². The Balaban J connectivity index is 1.43. The summed E-state index contributed by atoms with van der Waals surface area (Å²) in [5, 5.41) is 0. The van der Waals surface area contributed by atoms with E-state index in [0.29, 0.717) is 44.6 Å². The fourth-order valence-electron chi connectivity index (χ4n) is 3.33. The number of aryl methyl sites for hydroxylation is 1. The number of amides is 2. The van der Waals surface area contributed by atoms with Crippen LogP contribution in [0.2, 0.25) is 0 Å². The van der Waals surface area contributed by atoms with Crippen LogP contribution in [0.4, 0.5) is 0 Å². The van der Waals surface area contributed by atoms with Gasteiger partial charge in [-0.2, -0.15) is 0 Å². The third-order valence-corrected chi connectivity index (χ3v) is 5.05. The first-order valence-corrected chi connectivity index (χ1v) is 9.31. The molecule has 6 nitrogen and oxygen atoms in total. The zero-order chi connectivity index (χ0) is 19.2. The van der Waals surface area contributed by atoms with E-state index in [2.05, 4.69) is 0 Å². The largest absolute Gasteiger partial charge is 0.491 e. The van der Waals surface area contributed by atoms with Crippen LogP contribution in [0, 0.1) is 12.8 Å². The molecule has 0 aliphatic carbocycles. The minimum atomic E-state index is -0.0399. The summed E-state index contributed by atoms with van der Waals surface area (Å²) in [6, 6.07) is 9.52. The lowest BCUT2D eigenvalue weighted by atomic mass is 9.95. The van der Waals surface area contributed by atoms with Gasteiger partial charge in [-0.25, -0.2) is 0 Å². The molecule has 2 heterocycles. The van der Waals surface area contributed by atoms with Crippen LogP contribution >= 0.6 is 0 Å². The van der Waals surface area contributed by atoms with E-state index >= 15 is 0 Å². The number of rotatable bonds is 6. The topological polar surface area (TPSA) is 63.0 Å². The van der Waals surface area contributed by atoms with Gasteiger partial charge in [0.15, 0.2) is 0 Å². The van der Waals surface area contributed by atoms with Crippen LogP contribution in [0.3, 0.4) is 0 Å². The predicted octanol–water partition coefficient (Wildman–Crippen LogP) is 2.98. The zero-order valence-electron chi connectivity index (χ0n) is 15.9. The summed E-state index contributed by atoms with van der Waals surface area (Å²) in [6.45, 7) is 4.19. The lowest BCUT2D eigenvalue weighted by Crippen LogP contribution is -2.44. The number of nitrogens with zero attached hydrogens (tertiary/aromatic N) is 2. The number of carbonyl (C=O) groups excluding carboxylic acids is 2. The molecule has 3 rings (SSSR count). The summed E-state index contributed by atoms with van der Waals surface area (Å²) in [6.07, 6.45) is 4.33. The summed E-state index contributed by atoms with van der Waals surface area (Å²) in [5.74, 6) is 0.903. The first-order chi connectivity index (χ1) is 13.1. The molecular formula is C21H26N2O4. The number of hydrogen-bond donors (Lipinski definition) is 0. The predicted molar refractivity (Wildman–Crippen MR) is 102 cm³/mol. The maximum Gasteiger partial charge on any atom is 0.257 e. The van der Waals surface area contributed by atoms with Crippen molar-refractivity contribution in [3.05, 3.63) is 54.0 Å². The van der Waals surface area contributed by atoms with Crippen molar-refractivity contribution in [3.63, 3.8) is 0 Å². The van der Waals surface area contributed by atoms with Crippen molar-refractivity contribution in [2.24, 2.45) is 5.92 Å². The van der Waals surface area contributed by atoms with Crippen molar-refractivity contribution in [1.29, 1.82) is 0 Å².